The second-order valence-corrected chi connectivity index (χ2v) is 7.61. The van der Waals surface area contributed by atoms with Gasteiger partial charge < -0.3 is 19.9 Å². The monoisotopic (exact) mass is 506 g/mol. The number of rotatable bonds is 11. The highest BCUT2D eigenvalue weighted by atomic mass is 127. The Morgan fingerprint density at radius 2 is 2.04 bits per heavy atom. The average molecular weight is 506 g/mol. The molecule has 2 heterocycles. The molecule has 0 spiro atoms. The van der Waals surface area contributed by atoms with Crippen LogP contribution < -0.4 is 10.6 Å². The van der Waals surface area contributed by atoms with Crippen LogP contribution in [0.5, 0.6) is 0 Å². The summed E-state index contributed by atoms with van der Waals surface area (Å²) in [6.45, 7) is 11.7. The zero-order chi connectivity index (χ0) is 19.3. The van der Waals surface area contributed by atoms with Crippen LogP contribution in [-0.2, 0) is 24.1 Å². The highest BCUT2D eigenvalue weighted by Gasteiger charge is 2.13. The Kier molecular flexibility index (Phi) is 13.5. The predicted molar refractivity (Wildman–Crippen MR) is 126 cm³/mol. The smallest absolute Gasteiger partial charge is 0.191 e. The van der Waals surface area contributed by atoms with Gasteiger partial charge in [-0.3, -0.25) is 4.99 Å². The summed E-state index contributed by atoms with van der Waals surface area (Å²) in [6.07, 6.45) is 7.77. The van der Waals surface area contributed by atoms with Crippen molar-refractivity contribution in [2.45, 2.75) is 72.3 Å². The molecule has 162 valence electrons. The van der Waals surface area contributed by atoms with Crippen molar-refractivity contribution >= 4 is 29.9 Å². The topological polar surface area (TPSA) is 76.4 Å². The molecule has 1 aromatic rings. The maximum Gasteiger partial charge on any atom is 0.191 e. The van der Waals surface area contributed by atoms with Gasteiger partial charge in [0.05, 0.1) is 0 Å². The van der Waals surface area contributed by atoms with Crippen molar-refractivity contribution in [1.29, 1.82) is 0 Å². The predicted octanol–water partition coefficient (Wildman–Crippen LogP) is 3.17. The van der Waals surface area contributed by atoms with Gasteiger partial charge in [-0.2, -0.15) is 0 Å². The van der Waals surface area contributed by atoms with E-state index in [1.807, 2.05) is 0 Å². The zero-order valence-corrected chi connectivity index (χ0v) is 20.2. The van der Waals surface area contributed by atoms with E-state index in [9.17, 15) is 0 Å². The van der Waals surface area contributed by atoms with E-state index in [1.165, 1.54) is 25.1 Å². The lowest BCUT2D eigenvalue weighted by atomic mass is 10.2. The summed E-state index contributed by atoms with van der Waals surface area (Å²) in [5, 5.41) is 15.5. The van der Waals surface area contributed by atoms with Crippen LogP contribution in [0.25, 0.3) is 0 Å². The minimum absolute atomic E-state index is 0. The molecule has 1 aromatic heterocycles. The molecule has 0 fully saturated rings. The molecule has 0 bridgehead atoms. The van der Waals surface area contributed by atoms with Gasteiger partial charge in [0, 0.05) is 52.2 Å². The van der Waals surface area contributed by atoms with Gasteiger partial charge in [0.1, 0.15) is 11.6 Å². The van der Waals surface area contributed by atoms with E-state index in [0.717, 1.165) is 76.9 Å². The fraction of sp³-hybridized carbons (Fsp3) is 0.850. The van der Waals surface area contributed by atoms with Crippen LogP contribution in [0.4, 0.5) is 0 Å². The maximum absolute atomic E-state index is 5.62. The van der Waals surface area contributed by atoms with Crippen LogP contribution in [-0.4, -0.2) is 53.6 Å². The number of aryl methyl sites for hydroxylation is 2. The zero-order valence-electron chi connectivity index (χ0n) is 17.9. The Labute approximate surface area is 187 Å². The molecular formula is C20H39IN6O. The van der Waals surface area contributed by atoms with E-state index in [2.05, 4.69) is 51.2 Å². The highest BCUT2D eigenvalue weighted by molar-refractivity contribution is 14.0. The number of aliphatic imine (C=N–C) groups is 1. The first-order chi connectivity index (χ1) is 13.2. The number of nitrogens with zero attached hydrogens (tertiary/aromatic N) is 4. The maximum atomic E-state index is 5.62. The molecule has 28 heavy (non-hydrogen) atoms. The molecule has 0 radical (unpaired) electrons. The largest absolute Gasteiger partial charge is 0.381 e. The summed E-state index contributed by atoms with van der Waals surface area (Å²) >= 11 is 0. The third kappa shape index (κ3) is 9.54. The fourth-order valence-corrected chi connectivity index (χ4v) is 3.20. The van der Waals surface area contributed by atoms with Crippen molar-refractivity contribution in [3.05, 3.63) is 11.6 Å². The summed E-state index contributed by atoms with van der Waals surface area (Å²) in [5.41, 5.74) is 0. The SMILES string of the molecule is CCNC(=NCCCc1nnc2n1CCCCC2)NCCCOCC(C)C.I. The lowest BCUT2D eigenvalue weighted by Crippen LogP contribution is -2.38. The Bertz CT molecular complexity index is 561. The van der Waals surface area contributed by atoms with Gasteiger partial charge >= 0.3 is 0 Å². The number of nitrogens with one attached hydrogen (secondary N) is 2. The van der Waals surface area contributed by atoms with Crippen LogP contribution in [0.15, 0.2) is 4.99 Å². The molecule has 7 nitrogen and oxygen atoms in total. The minimum atomic E-state index is 0. The van der Waals surface area contributed by atoms with Crippen molar-refractivity contribution < 1.29 is 4.74 Å². The molecule has 0 saturated heterocycles. The normalized spacial score (nSPS) is 14.4. The number of ether oxygens (including phenoxy) is 1. The molecular weight excluding hydrogens is 467 g/mol. The number of aromatic nitrogens is 3. The molecule has 0 unspecified atom stereocenters. The number of guanidine groups is 1. The Morgan fingerprint density at radius 3 is 2.82 bits per heavy atom. The number of fused-ring (bicyclic) bond motifs is 1. The summed E-state index contributed by atoms with van der Waals surface area (Å²) in [6, 6.07) is 0. The van der Waals surface area contributed by atoms with E-state index < -0.39 is 0 Å². The fourth-order valence-electron chi connectivity index (χ4n) is 3.20. The van der Waals surface area contributed by atoms with Crippen molar-refractivity contribution in [3.8, 4) is 0 Å². The molecule has 0 aliphatic carbocycles. The van der Waals surface area contributed by atoms with Gasteiger partial charge in [-0.1, -0.05) is 20.3 Å². The number of hydrogen-bond acceptors (Lipinski definition) is 4. The minimum Gasteiger partial charge on any atom is -0.381 e. The second kappa shape index (κ2) is 15.0. The van der Waals surface area contributed by atoms with Crippen LogP contribution in [0.3, 0.4) is 0 Å². The van der Waals surface area contributed by atoms with Crippen LogP contribution in [0, 0.1) is 5.92 Å². The van der Waals surface area contributed by atoms with Crippen molar-refractivity contribution in [2.24, 2.45) is 10.9 Å². The van der Waals surface area contributed by atoms with Crippen molar-refractivity contribution in [1.82, 2.24) is 25.4 Å². The summed E-state index contributed by atoms with van der Waals surface area (Å²) in [7, 11) is 0. The Balaban J connectivity index is 0.00000392. The number of hydrogen-bond donors (Lipinski definition) is 2. The Morgan fingerprint density at radius 1 is 1.18 bits per heavy atom. The quantitative estimate of drug-likeness (QED) is 0.209. The van der Waals surface area contributed by atoms with Gasteiger partial charge in [-0.05, 0) is 38.5 Å². The standard InChI is InChI=1S/C20H38N6O.HI/c1-4-21-20(23-13-9-15-27-16-17(2)3)22-12-8-11-19-25-24-18-10-6-5-7-14-26(18)19;/h17H,4-16H2,1-3H3,(H2,21,22,23);1H. The van der Waals surface area contributed by atoms with E-state index in [-0.39, 0.29) is 24.0 Å². The van der Waals surface area contributed by atoms with Crippen molar-refractivity contribution in [2.75, 3.05) is 32.8 Å². The van der Waals surface area contributed by atoms with E-state index in [0.29, 0.717) is 5.92 Å². The van der Waals surface area contributed by atoms with Crippen LogP contribution in [0.1, 0.15) is 64.5 Å². The average Bonchev–Trinajstić information content (AvgIpc) is 2.87. The third-order valence-electron chi connectivity index (χ3n) is 4.57. The summed E-state index contributed by atoms with van der Waals surface area (Å²) in [4.78, 5) is 4.69. The van der Waals surface area contributed by atoms with Gasteiger partial charge in [0.2, 0.25) is 0 Å². The molecule has 0 aromatic carbocycles. The van der Waals surface area contributed by atoms with Crippen LogP contribution in [0.2, 0.25) is 0 Å². The van der Waals surface area contributed by atoms with E-state index in [1.54, 1.807) is 0 Å². The molecule has 2 rings (SSSR count). The second-order valence-electron chi connectivity index (χ2n) is 7.61. The molecule has 1 aliphatic rings. The molecule has 1 aliphatic heterocycles. The number of halogens is 1. The lowest BCUT2D eigenvalue weighted by Gasteiger charge is -2.12. The first kappa shape index (κ1) is 25.1. The molecule has 0 amide bonds. The Hall–Kier alpha value is -0.900. The molecule has 0 saturated carbocycles. The van der Waals surface area contributed by atoms with Crippen molar-refractivity contribution in [3.63, 3.8) is 0 Å². The molecule has 0 atom stereocenters. The van der Waals surface area contributed by atoms with Gasteiger partial charge in [-0.25, -0.2) is 0 Å². The highest BCUT2D eigenvalue weighted by Crippen LogP contribution is 2.15. The van der Waals surface area contributed by atoms with E-state index >= 15 is 0 Å². The van der Waals surface area contributed by atoms with Gasteiger partial charge in [-0.15, -0.1) is 34.2 Å². The first-order valence-electron chi connectivity index (χ1n) is 10.7. The van der Waals surface area contributed by atoms with Crippen LogP contribution >= 0.6 is 24.0 Å². The summed E-state index contributed by atoms with van der Waals surface area (Å²) < 4.78 is 7.95. The van der Waals surface area contributed by atoms with Gasteiger partial charge in [0.25, 0.3) is 0 Å². The lowest BCUT2D eigenvalue weighted by molar-refractivity contribution is 0.108. The third-order valence-corrected chi connectivity index (χ3v) is 4.57. The summed E-state index contributed by atoms with van der Waals surface area (Å²) in [5.74, 6) is 3.78. The van der Waals surface area contributed by atoms with Gasteiger partial charge in [0.15, 0.2) is 5.96 Å². The van der Waals surface area contributed by atoms with E-state index in [4.69, 9.17) is 4.74 Å². The molecule has 8 heteroatoms. The first-order valence-corrected chi connectivity index (χ1v) is 10.7. The molecule has 2 N–H and O–H groups in total.